The van der Waals surface area contributed by atoms with Crippen molar-refractivity contribution in [1.82, 2.24) is 5.32 Å². The summed E-state index contributed by atoms with van der Waals surface area (Å²) in [5.74, 6) is 0.120. The van der Waals surface area contributed by atoms with Gasteiger partial charge in [-0.2, -0.15) is 0 Å². The average molecular weight is 274 g/mol. The molecule has 1 aromatic rings. The van der Waals surface area contributed by atoms with Crippen LogP contribution in [0.4, 0.5) is 0 Å². The van der Waals surface area contributed by atoms with Crippen molar-refractivity contribution in [3.63, 3.8) is 0 Å². The second kappa shape index (κ2) is 5.38. The van der Waals surface area contributed by atoms with Gasteiger partial charge < -0.3 is 5.32 Å². The van der Waals surface area contributed by atoms with Gasteiger partial charge in [0.15, 0.2) is 9.84 Å². The standard InChI is InChI=1S/C12H16ClNO2S/c13-11-3-1-10(2-4-11)9-17(15,16)12-5-7-14-8-6-12/h1-4,12,14H,5-9H2. The Labute approximate surface area is 107 Å². The number of rotatable bonds is 3. The van der Waals surface area contributed by atoms with E-state index in [0.29, 0.717) is 5.02 Å². The molecule has 94 valence electrons. The third-order valence-electron chi connectivity index (χ3n) is 3.08. The van der Waals surface area contributed by atoms with E-state index < -0.39 is 9.84 Å². The Balaban J connectivity index is 2.08. The van der Waals surface area contributed by atoms with Crippen molar-refractivity contribution < 1.29 is 8.42 Å². The van der Waals surface area contributed by atoms with Gasteiger partial charge in [-0.1, -0.05) is 23.7 Å². The average Bonchev–Trinajstić information content (AvgIpc) is 2.33. The summed E-state index contributed by atoms with van der Waals surface area (Å²) in [4.78, 5) is 0. The first-order chi connectivity index (χ1) is 8.08. The minimum absolute atomic E-state index is 0.120. The highest BCUT2D eigenvalue weighted by molar-refractivity contribution is 7.91. The molecule has 3 nitrogen and oxygen atoms in total. The second-order valence-corrected chi connectivity index (χ2v) is 7.10. The maximum Gasteiger partial charge on any atom is 0.157 e. The van der Waals surface area contributed by atoms with E-state index in [1.165, 1.54) is 0 Å². The summed E-state index contributed by atoms with van der Waals surface area (Å²) in [6, 6.07) is 7.02. The van der Waals surface area contributed by atoms with E-state index in [-0.39, 0.29) is 11.0 Å². The van der Waals surface area contributed by atoms with Gasteiger partial charge in [0.2, 0.25) is 0 Å². The third-order valence-corrected chi connectivity index (χ3v) is 5.55. The van der Waals surface area contributed by atoms with E-state index in [0.717, 1.165) is 31.5 Å². The predicted octanol–water partition coefficient (Wildman–Crippen LogP) is 2.01. The van der Waals surface area contributed by atoms with Crippen LogP contribution in [-0.4, -0.2) is 26.8 Å². The number of sulfone groups is 1. The number of halogens is 1. The minimum atomic E-state index is -3.03. The SMILES string of the molecule is O=S(=O)(Cc1ccc(Cl)cc1)C1CCNCC1. The van der Waals surface area contributed by atoms with Crippen LogP contribution in [0.1, 0.15) is 18.4 Å². The summed E-state index contributed by atoms with van der Waals surface area (Å²) in [6.45, 7) is 1.59. The van der Waals surface area contributed by atoms with Crippen molar-refractivity contribution in [2.45, 2.75) is 23.8 Å². The van der Waals surface area contributed by atoms with Crippen LogP contribution in [0.3, 0.4) is 0 Å². The van der Waals surface area contributed by atoms with Gasteiger partial charge in [-0.3, -0.25) is 0 Å². The molecule has 1 saturated heterocycles. The Morgan fingerprint density at radius 2 is 1.76 bits per heavy atom. The van der Waals surface area contributed by atoms with Gasteiger partial charge in [-0.25, -0.2) is 8.42 Å². The maximum atomic E-state index is 12.2. The number of hydrogen-bond acceptors (Lipinski definition) is 3. The van der Waals surface area contributed by atoms with Crippen molar-refractivity contribution in [1.29, 1.82) is 0 Å². The molecular formula is C12H16ClNO2S. The second-order valence-electron chi connectivity index (χ2n) is 4.38. The van der Waals surface area contributed by atoms with E-state index in [9.17, 15) is 8.42 Å². The molecule has 1 aromatic carbocycles. The van der Waals surface area contributed by atoms with Gasteiger partial charge >= 0.3 is 0 Å². The van der Waals surface area contributed by atoms with E-state index in [1.807, 2.05) is 0 Å². The highest BCUT2D eigenvalue weighted by atomic mass is 35.5. The van der Waals surface area contributed by atoms with Gasteiger partial charge in [-0.05, 0) is 43.6 Å². The Hall–Kier alpha value is -0.580. The molecule has 1 aliphatic heterocycles. The Morgan fingerprint density at radius 3 is 2.35 bits per heavy atom. The molecule has 0 bridgehead atoms. The summed E-state index contributed by atoms with van der Waals surface area (Å²) in [5, 5.41) is 3.61. The van der Waals surface area contributed by atoms with Crippen LogP contribution in [-0.2, 0) is 15.6 Å². The van der Waals surface area contributed by atoms with Crippen molar-refractivity contribution >= 4 is 21.4 Å². The molecule has 0 unspecified atom stereocenters. The number of hydrogen-bond donors (Lipinski definition) is 1. The van der Waals surface area contributed by atoms with Gasteiger partial charge in [-0.15, -0.1) is 0 Å². The van der Waals surface area contributed by atoms with Crippen molar-refractivity contribution in [2.24, 2.45) is 0 Å². The predicted molar refractivity (Wildman–Crippen MR) is 70.0 cm³/mol. The summed E-state index contributed by atoms with van der Waals surface area (Å²) in [7, 11) is -3.03. The van der Waals surface area contributed by atoms with Crippen LogP contribution in [0.25, 0.3) is 0 Å². The molecule has 0 spiro atoms. The summed E-state index contributed by atoms with van der Waals surface area (Å²) in [6.07, 6.45) is 1.44. The normalized spacial score (nSPS) is 18.2. The molecule has 0 aliphatic carbocycles. The van der Waals surface area contributed by atoms with E-state index in [4.69, 9.17) is 11.6 Å². The lowest BCUT2D eigenvalue weighted by molar-refractivity contribution is 0.496. The molecule has 1 fully saturated rings. The smallest absolute Gasteiger partial charge is 0.157 e. The zero-order valence-electron chi connectivity index (χ0n) is 9.52. The first kappa shape index (κ1) is 12.9. The largest absolute Gasteiger partial charge is 0.317 e. The molecule has 0 amide bonds. The summed E-state index contributed by atoms with van der Waals surface area (Å²) >= 11 is 5.77. The maximum absolute atomic E-state index is 12.2. The Kier molecular flexibility index (Phi) is 4.07. The van der Waals surface area contributed by atoms with E-state index >= 15 is 0 Å². The molecule has 5 heteroatoms. The molecule has 1 aliphatic rings. The number of nitrogens with one attached hydrogen (secondary N) is 1. The van der Waals surface area contributed by atoms with Crippen LogP contribution >= 0.6 is 11.6 Å². The molecule has 0 aromatic heterocycles. The highest BCUT2D eigenvalue weighted by Gasteiger charge is 2.27. The van der Waals surface area contributed by atoms with Crippen LogP contribution in [0.5, 0.6) is 0 Å². The van der Waals surface area contributed by atoms with Gasteiger partial charge in [0.1, 0.15) is 0 Å². The lowest BCUT2D eigenvalue weighted by atomic mass is 10.2. The summed E-state index contributed by atoms with van der Waals surface area (Å²) < 4.78 is 24.4. The van der Waals surface area contributed by atoms with Crippen LogP contribution in [0.2, 0.25) is 5.02 Å². The van der Waals surface area contributed by atoms with Crippen LogP contribution in [0.15, 0.2) is 24.3 Å². The van der Waals surface area contributed by atoms with Crippen molar-refractivity contribution in [3.8, 4) is 0 Å². The molecular weight excluding hydrogens is 258 g/mol. The monoisotopic (exact) mass is 273 g/mol. The van der Waals surface area contributed by atoms with Crippen LogP contribution in [0, 0.1) is 0 Å². The third kappa shape index (κ3) is 3.44. The van der Waals surface area contributed by atoms with Gasteiger partial charge in [0.25, 0.3) is 0 Å². The first-order valence-electron chi connectivity index (χ1n) is 5.75. The fourth-order valence-corrected chi connectivity index (χ4v) is 4.06. The molecule has 0 radical (unpaired) electrons. The van der Waals surface area contributed by atoms with E-state index in [1.54, 1.807) is 24.3 Å². The van der Waals surface area contributed by atoms with Crippen molar-refractivity contribution in [3.05, 3.63) is 34.9 Å². The Morgan fingerprint density at radius 1 is 1.18 bits per heavy atom. The van der Waals surface area contributed by atoms with Gasteiger partial charge in [0.05, 0.1) is 11.0 Å². The molecule has 17 heavy (non-hydrogen) atoms. The molecule has 0 saturated carbocycles. The highest BCUT2D eigenvalue weighted by Crippen LogP contribution is 2.19. The summed E-state index contributed by atoms with van der Waals surface area (Å²) in [5.41, 5.74) is 0.813. The zero-order chi connectivity index (χ0) is 12.3. The fourth-order valence-electron chi connectivity index (χ4n) is 2.09. The molecule has 1 heterocycles. The lowest BCUT2D eigenvalue weighted by Gasteiger charge is -2.22. The topological polar surface area (TPSA) is 46.2 Å². The Bertz CT molecular complexity index is 464. The molecule has 0 atom stereocenters. The van der Waals surface area contributed by atoms with Gasteiger partial charge in [0, 0.05) is 5.02 Å². The number of benzene rings is 1. The van der Waals surface area contributed by atoms with Crippen LogP contribution < -0.4 is 5.32 Å². The fraction of sp³-hybridized carbons (Fsp3) is 0.500. The zero-order valence-corrected chi connectivity index (χ0v) is 11.1. The quantitative estimate of drug-likeness (QED) is 0.916. The van der Waals surface area contributed by atoms with E-state index in [2.05, 4.69) is 5.32 Å². The minimum Gasteiger partial charge on any atom is -0.317 e. The molecule has 2 rings (SSSR count). The van der Waals surface area contributed by atoms with Crippen molar-refractivity contribution in [2.75, 3.05) is 13.1 Å². The molecule has 1 N–H and O–H groups in total. The number of piperidine rings is 1. The lowest BCUT2D eigenvalue weighted by Crippen LogP contribution is -2.36. The first-order valence-corrected chi connectivity index (χ1v) is 7.84.